The third-order valence-electron chi connectivity index (χ3n) is 4.31. The smallest absolute Gasteiger partial charge is 0.123 e. The summed E-state index contributed by atoms with van der Waals surface area (Å²) in [5.41, 5.74) is 2.25. The Morgan fingerprint density at radius 2 is 1.95 bits per heavy atom. The molecule has 1 aromatic carbocycles. The number of hydrogen-bond donors (Lipinski definition) is 1. The number of nitrogens with one attached hydrogen (secondary N) is 1. The molecule has 2 rings (SSSR count). The van der Waals surface area contributed by atoms with Gasteiger partial charge in [0, 0.05) is 0 Å². The Kier molecular flexibility index (Phi) is 5.38. The van der Waals surface area contributed by atoms with E-state index < -0.39 is 0 Å². The van der Waals surface area contributed by atoms with Crippen molar-refractivity contribution in [2.45, 2.75) is 51.9 Å². The molecule has 0 radical (unpaired) electrons. The van der Waals surface area contributed by atoms with Crippen LogP contribution in [0.4, 0.5) is 4.39 Å². The lowest BCUT2D eigenvalue weighted by atomic mass is 9.82. The maximum atomic E-state index is 13.6. The van der Waals surface area contributed by atoms with Gasteiger partial charge in [-0.2, -0.15) is 0 Å². The van der Waals surface area contributed by atoms with E-state index in [9.17, 15) is 4.39 Å². The maximum Gasteiger partial charge on any atom is 0.123 e. The van der Waals surface area contributed by atoms with E-state index in [0.29, 0.717) is 11.8 Å². The van der Waals surface area contributed by atoms with E-state index in [0.717, 1.165) is 18.7 Å². The molecule has 0 heterocycles. The van der Waals surface area contributed by atoms with E-state index >= 15 is 0 Å². The Labute approximate surface area is 116 Å². The van der Waals surface area contributed by atoms with Crippen LogP contribution >= 0.6 is 0 Å². The van der Waals surface area contributed by atoms with Gasteiger partial charge in [0.15, 0.2) is 0 Å². The third kappa shape index (κ3) is 4.04. The molecule has 2 unspecified atom stereocenters. The van der Waals surface area contributed by atoms with Gasteiger partial charge in [0.2, 0.25) is 0 Å². The minimum Gasteiger partial charge on any atom is -0.317 e. The van der Waals surface area contributed by atoms with Gasteiger partial charge in [-0.3, -0.25) is 0 Å². The summed E-state index contributed by atoms with van der Waals surface area (Å²) < 4.78 is 13.6. The van der Waals surface area contributed by atoms with Crippen LogP contribution in [-0.2, 0) is 0 Å². The van der Waals surface area contributed by atoms with Crippen LogP contribution in [0.1, 0.15) is 56.1 Å². The minimum absolute atomic E-state index is 0.0820. The fourth-order valence-corrected chi connectivity index (χ4v) is 3.38. The van der Waals surface area contributed by atoms with Gasteiger partial charge in [-0.15, -0.1) is 0 Å². The summed E-state index contributed by atoms with van der Waals surface area (Å²) in [6.07, 6.45) is 6.41. The topological polar surface area (TPSA) is 12.0 Å². The standard InChI is InChI=1S/C17H26FN/c1-3-19-12-14-7-5-4-6-8-17(14)15-9-13(2)10-16(18)11-15/h9-11,14,17,19H,3-8,12H2,1-2H3. The van der Waals surface area contributed by atoms with Crippen LogP contribution < -0.4 is 5.32 Å². The lowest BCUT2D eigenvalue weighted by Gasteiger charge is -2.26. The number of benzene rings is 1. The molecule has 0 saturated heterocycles. The molecule has 1 nitrogen and oxygen atoms in total. The van der Waals surface area contributed by atoms with Crippen LogP contribution in [0, 0.1) is 18.7 Å². The summed E-state index contributed by atoms with van der Waals surface area (Å²) in [6.45, 7) is 6.22. The SMILES string of the molecule is CCNCC1CCCCCC1c1cc(C)cc(F)c1. The van der Waals surface area contributed by atoms with E-state index in [4.69, 9.17) is 0 Å². The van der Waals surface area contributed by atoms with E-state index in [1.807, 2.05) is 6.92 Å². The van der Waals surface area contributed by atoms with E-state index in [1.54, 1.807) is 12.1 Å². The molecule has 0 amide bonds. The van der Waals surface area contributed by atoms with Crippen LogP contribution in [0.5, 0.6) is 0 Å². The first kappa shape index (κ1) is 14.5. The predicted octanol–water partition coefficient (Wildman–Crippen LogP) is 4.41. The van der Waals surface area contributed by atoms with Gasteiger partial charge in [-0.25, -0.2) is 4.39 Å². The Balaban J connectivity index is 2.20. The van der Waals surface area contributed by atoms with Crippen molar-refractivity contribution in [1.82, 2.24) is 5.32 Å². The van der Waals surface area contributed by atoms with Gasteiger partial charge < -0.3 is 5.32 Å². The molecule has 1 saturated carbocycles. The third-order valence-corrected chi connectivity index (χ3v) is 4.31. The average Bonchev–Trinajstić information content (AvgIpc) is 2.60. The molecule has 0 aromatic heterocycles. The number of aryl methyl sites for hydroxylation is 1. The van der Waals surface area contributed by atoms with Crippen LogP contribution in [0.25, 0.3) is 0 Å². The molecule has 19 heavy (non-hydrogen) atoms. The maximum absolute atomic E-state index is 13.6. The summed E-state index contributed by atoms with van der Waals surface area (Å²) in [6, 6.07) is 5.56. The van der Waals surface area contributed by atoms with Crippen molar-refractivity contribution < 1.29 is 4.39 Å². The van der Waals surface area contributed by atoms with Crippen LogP contribution in [0.2, 0.25) is 0 Å². The van der Waals surface area contributed by atoms with Crippen molar-refractivity contribution in [2.24, 2.45) is 5.92 Å². The van der Waals surface area contributed by atoms with Crippen molar-refractivity contribution >= 4 is 0 Å². The van der Waals surface area contributed by atoms with E-state index in [2.05, 4.69) is 18.3 Å². The van der Waals surface area contributed by atoms with Crippen molar-refractivity contribution in [1.29, 1.82) is 0 Å². The van der Waals surface area contributed by atoms with Gasteiger partial charge in [0.1, 0.15) is 5.82 Å². The zero-order valence-electron chi connectivity index (χ0n) is 12.2. The lowest BCUT2D eigenvalue weighted by Crippen LogP contribution is -2.26. The fraction of sp³-hybridized carbons (Fsp3) is 0.647. The Bertz CT molecular complexity index is 382. The highest BCUT2D eigenvalue weighted by Crippen LogP contribution is 2.36. The zero-order valence-corrected chi connectivity index (χ0v) is 12.2. The molecule has 1 fully saturated rings. The number of hydrogen-bond acceptors (Lipinski definition) is 1. The van der Waals surface area contributed by atoms with Crippen molar-refractivity contribution in [3.05, 3.63) is 35.1 Å². The summed E-state index contributed by atoms with van der Waals surface area (Å²) >= 11 is 0. The molecule has 0 bridgehead atoms. The molecule has 2 heteroatoms. The Morgan fingerprint density at radius 1 is 1.16 bits per heavy atom. The largest absolute Gasteiger partial charge is 0.317 e. The van der Waals surface area contributed by atoms with Crippen molar-refractivity contribution in [3.8, 4) is 0 Å². The second-order valence-electron chi connectivity index (χ2n) is 5.87. The van der Waals surface area contributed by atoms with Crippen LogP contribution in [-0.4, -0.2) is 13.1 Å². The molecule has 2 atom stereocenters. The average molecular weight is 263 g/mol. The molecular weight excluding hydrogens is 237 g/mol. The summed E-state index contributed by atoms with van der Waals surface area (Å²) in [5.74, 6) is 1.10. The first-order chi connectivity index (χ1) is 9.20. The molecule has 1 aliphatic rings. The highest BCUT2D eigenvalue weighted by molar-refractivity contribution is 5.27. The summed E-state index contributed by atoms with van der Waals surface area (Å²) in [7, 11) is 0. The molecule has 1 aliphatic carbocycles. The molecule has 0 aliphatic heterocycles. The van der Waals surface area contributed by atoms with Gasteiger partial charge in [0.05, 0.1) is 0 Å². The molecule has 106 valence electrons. The predicted molar refractivity (Wildman–Crippen MR) is 79.0 cm³/mol. The highest BCUT2D eigenvalue weighted by Gasteiger charge is 2.25. The minimum atomic E-state index is -0.0820. The van der Waals surface area contributed by atoms with E-state index in [-0.39, 0.29) is 5.82 Å². The molecule has 1 N–H and O–H groups in total. The fourth-order valence-electron chi connectivity index (χ4n) is 3.38. The first-order valence-corrected chi connectivity index (χ1v) is 7.68. The second-order valence-corrected chi connectivity index (χ2v) is 5.87. The number of halogens is 1. The van der Waals surface area contributed by atoms with Crippen molar-refractivity contribution in [3.63, 3.8) is 0 Å². The van der Waals surface area contributed by atoms with Gasteiger partial charge >= 0.3 is 0 Å². The lowest BCUT2D eigenvalue weighted by molar-refractivity contribution is 0.378. The first-order valence-electron chi connectivity index (χ1n) is 7.68. The van der Waals surface area contributed by atoms with Gasteiger partial charge in [0.25, 0.3) is 0 Å². The molecule has 1 aromatic rings. The van der Waals surface area contributed by atoms with Crippen LogP contribution in [0.15, 0.2) is 18.2 Å². The van der Waals surface area contributed by atoms with Crippen LogP contribution in [0.3, 0.4) is 0 Å². The molecule has 0 spiro atoms. The number of rotatable bonds is 4. The van der Waals surface area contributed by atoms with E-state index in [1.165, 1.54) is 37.7 Å². The zero-order chi connectivity index (χ0) is 13.7. The second kappa shape index (κ2) is 7.04. The summed E-state index contributed by atoms with van der Waals surface area (Å²) in [4.78, 5) is 0. The Hall–Kier alpha value is -0.890. The monoisotopic (exact) mass is 263 g/mol. The highest BCUT2D eigenvalue weighted by atomic mass is 19.1. The molecular formula is C17H26FN. The van der Waals surface area contributed by atoms with Gasteiger partial charge in [-0.05, 0) is 68.0 Å². The quantitative estimate of drug-likeness (QED) is 0.794. The summed E-state index contributed by atoms with van der Waals surface area (Å²) in [5, 5.41) is 3.48. The van der Waals surface area contributed by atoms with Gasteiger partial charge in [-0.1, -0.05) is 32.3 Å². The van der Waals surface area contributed by atoms with Crippen molar-refractivity contribution in [2.75, 3.05) is 13.1 Å². The normalized spacial score (nSPS) is 24.2. The Morgan fingerprint density at radius 3 is 2.68 bits per heavy atom.